The first-order chi connectivity index (χ1) is 12.7. The lowest BCUT2D eigenvalue weighted by Gasteiger charge is -2.21. The summed E-state index contributed by atoms with van der Waals surface area (Å²) in [7, 11) is -3.78. The van der Waals surface area contributed by atoms with Crippen molar-refractivity contribution in [2.75, 3.05) is 18.4 Å². The van der Waals surface area contributed by atoms with E-state index < -0.39 is 10.0 Å². The van der Waals surface area contributed by atoms with E-state index >= 15 is 0 Å². The molecule has 1 amide bonds. The Kier molecular flexibility index (Phi) is 7.03. The molecule has 0 radical (unpaired) electrons. The smallest absolute Gasteiger partial charge is 0.243 e. The number of halogens is 1. The number of rotatable bonds is 7. The first kappa shape index (κ1) is 21.4. The molecule has 0 fully saturated rings. The summed E-state index contributed by atoms with van der Waals surface area (Å²) in [6.07, 6.45) is 0. The number of anilines is 1. The molecule has 146 valence electrons. The fourth-order valence-corrected chi connectivity index (χ4v) is 4.34. The minimum atomic E-state index is -3.78. The molecule has 0 spiro atoms. The van der Waals surface area contributed by atoms with Gasteiger partial charge in [-0.25, -0.2) is 8.42 Å². The molecular formula is C20H25ClN2O3S. The van der Waals surface area contributed by atoms with Crippen LogP contribution in [-0.2, 0) is 14.8 Å². The molecule has 0 aliphatic carbocycles. The number of sulfonamides is 1. The summed E-state index contributed by atoms with van der Waals surface area (Å²) in [6.45, 7) is 7.65. The highest BCUT2D eigenvalue weighted by atomic mass is 35.5. The molecule has 0 bridgehead atoms. The highest BCUT2D eigenvalue weighted by molar-refractivity contribution is 7.89. The predicted molar refractivity (Wildman–Crippen MR) is 110 cm³/mol. The first-order valence-corrected chi connectivity index (χ1v) is 10.6. The van der Waals surface area contributed by atoms with E-state index in [9.17, 15) is 13.2 Å². The van der Waals surface area contributed by atoms with Gasteiger partial charge in [0.05, 0.1) is 11.4 Å². The number of carbonyl (C=O) groups is 1. The van der Waals surface area contributed by atoms with Crippen LogP contribution in [0.25, 0.3) is 0 Å². The molecule has 1 N–H and O–H groups in total. The van der Waals surface area contributed by atoms with E-state index in [1.165, 1.54) is 24.3 Å². The largest absolute Gasteiger partial charge is 0.324 e. The van der Waals surface area contributed by atoms with Gasteiger partial charge in [-0.3, -0.25) is 4.79 Å². The van der Waals surface area contributed by atoms with Crippen LogP contribution in [0.4, 0.5) is 5.69 Å². The maximum absolute atomic E-state index is 12.8. The molecule has 0 atom stereocenters. The van der Waals surface area contributed by atoms with Crippen LogP contribution in [0.3, 0.4) is 0 Å². The number of nitrogens with one attached hydrogen (secondary N) is 1. The van der Waals surface area contributed by atoms with Gasteiger partial charge < -0.3 is 5.32 Å². The van der Waals surface area contributed by atoms with Crippen molar-refractivity contribution in [2.24, 2.45) is 0 Å². The van der Waals surface area contributed by atoms with Crippen LogP contribution in [0.5, 0.6) is 0 Å². The Balaban J connectivity index is 2.22. The van der Waals surface area contributed by atoms with Crippen LogP contribution >= 0.6 is 11.6 Å². The lowest BCUT2D eigenvalue weighted by molar-refractivity contribution is -0.116. The van der Waals surface area contributed by atoms with Gasteiger partial charge in [0.1, 0.15) is 0 Å². The second kappa shape index (κ2) is 8.87. The molecule has 0 heterocycles. The Morgan fingerprint density at radius 3 is 2.33 bits per heavy atom. The van der Waals surface area contributed by atoms with E-state index in [0.717, 1.165) is 21.1 Å². The summed E-state index contributed by atoms with van der Waals surface area (Å²) in [5.41, 5.74) is 2.71. The van der Waals surface area contributed by atoms with Crippen LogP contribution in [-0.4, -0.2) is 31.7 Å². The van der Waals surface area contributed by atoms with E-state index in [-0.39, 0.29) is 29.8 Å². The third-order valence-corrected chi connectivity index (χ3v) is 6.50. The molecule has 0 saturated heterocycles. The number of aryl methyl sites for hydroxylation is 1. The van der Waals surface area contributed by atoms with E-state index in [2.05, 4.69) is 5.32 Å². The minimum absolute atomic E-state index is 0.111. The summed E-state index contributed by atoms with van der Waals surface area (Å²) >= 11 is 5.83. The topological polar surface area (TPSA) is 66.5 Å². The molecule has 0 aromatic heterocycles. The quantitative estimate of drug-likeness (QED) is 0.737. The van der Waals surface area contributed by atoms with Crippen LogP contribution in [0.1, 0.15) is 37.8 Å². The van der Waals surface area contributed by atoms with E-state index in [4.69, 9.17) is 11.6 Å². The number of likely N-dealkylation sites (N-methyl/N-ethyl adjacent to an activating group) is 1. The van der Waals surface area contributed by atoms with Gasteiger partial charge in [0.15, 0.2) is 0 Å². The number of benzene rings is 2. The van der Waals surface area contributed by atoms with Crippen LogP contribution in [0.2, 0.25) is 5.02 Å². The molecule has 5 nitrogen and oxygen atoms in total. The molecule has 2 rings (SSSR count). The lowest BCUT2D eigenvalue weighted by atomic mass is 9.98. The van der Waals surface area contributed by atoms with Crippen molar-refractivity contribution in [3.05, 3.63) is 58.6 Å². The second-order valence-corrected chi connectivity index (χ2v) is 9.00. The SMILES string of the molecule is CCN(CC(=O)Nc1c(C)cccc1C(C)C)S(=O)(=O)c1ccc(Cl)cc1. The number of amides is 1. The van der Waals surface area contributed by atoms with Crippen molar-refractivity contribution in [3.8, 4) is 0 Å². The summed E-state index contributed by atoms with van der Waals surface area (Å²) in [5.74, 6) is -0.133. The Bertz CT molecular complexity index is 909. The molecule has 27 heavy (non-hydrogen) atoms. The van der Waals surface area contributed by atoms with E-state index in [0.29, 0.717) is 5.02 Å². The molecule has 0 saturated carbocycles. The van der Waals surface area contributed by atoms with E-state index in [1.807, 2.05) is 39.0 Å². The summed E-state index contributed by atoms with van der Waals surface area (Å²) < 4.78 is 26.8. The number of hydrogen-bond donors (Lipinski definition) is 1. The van der Waals surface area contributed by atoms with Crippen molar-refractivity contribution < 1.29 is 13.2 Å². The third kappa shape index (κ3) is 5.09. The number of carbonyl (C=O) groups excluding carboxylic acids is 1. The van der Waals surface area contributed by atoms with Crippen molar-refractivity contribution in [1.82, 2.24) is 4.31 Å². The summed E-state index contributed by atoms with van der Waals surface area (Å²) in [4.78, 5) is 12.7. The summed E-state index contributed by atoms with van der Waals surface area (Å²) in [6, 6.07) is 11.8. The highest BCUT2D eigenvalue weighted by Crippen LogP contribution is 2.27. The minimum Gasteiger partial charge on any atom is -0.324 e. The zero-order chi connectivity index (χ0) is 20.2. The maximum Gasteiger partial charge on any atom is 0.243 e. The average molecular weight is 409 g/mol. The Hall–Kier alpha value is -1.89. The monoisotopic (exact) mass is 408 g/mol. The van der Waals surface area contributed by atoms with Gasteiger partial charge >= 0.3 is 0 Å². The molecule has 2 aromatic rings. The Morgan fingerprint density at radius 2 is 1.78 bits per heavy atom. The van der Waals surface area contributed by atoms with Crippen molar-refractivity contribution in [2.45, 2.75) is 38.5 Å². The molecule has 0 aliphatic heterocycles. The standard InChI is InChI=1S/C20H25ClN2O3S/c1-5-23(27(25,26)17-11-9-16(21)10-12-17)13-19(24)22-20-15(4)7-6-8-18(20)14(2)3/h6-12,14H,5,13H2,1-4H3,(H,22,24). The van der Waals surface area contributed by atoms with Gasteiger partial charge in [-0.1, -0.05) is 50.6 Å². The number of hydrogen-bond acceptors (Lipinski definition) is 3. The fourth-order valence-electron chi connectivity index (χ4n) is 2.80. The van der Waals surface area contributed by atoms with Gasteiger partial charge in [-0.2, -0.15) is 4.31 Å². The highest BCUT2D eigenvalue weighted by Gasteiger charge is 2.25. The fraction of sp³-hybridized carbons (Fsp3) is 0.350. The zero-order valence-electron chi connectivity index (χ0n) is 16.0. The zero-order valence-corrected chi connectivity index (χ0v) is 17.6. The maximum atomic E-state index is 12.8. The van der Waals surface area contributed by atoms with Gasteiger partial charge in [-0.15, -0.1) is 0 Å². The van der Waals surface area contributed by atoms with E-state index in [1.54, 1.807) is 6.92 Å². The Morgan fingerprint density at radius 1 is 1.15 bits per heavy atom. The average Bonchev–Trinajstić information content (AvgIpc) is 2.61. The predicted octanol–water partition coefficient (Wildman–Crippen LogP) is 4.42. The molecule has 0 aliphatic rings. The Labute approximate surface area is 166 Å². The van der Waals surface area contributed by atoms with Crippen molar-refractivity contribution in [1.29, 1.82) is 0 Å². The second-order valence-electron chi connectivity index (χ2n) is 6.63. The number of para-hydroxylation sites is 1. The van der Waals surface area contributed by atoms with Gasteiger partial charge in [-0.05, 0) is 48.2 Å². The number of nitrogens with zero attached hydrogens (tertiary/aromatic N) is 1. The summed E-state index contributed by atoms with van der Waals surface area (Å²) in [5, 5.41) is 3.35. The lowest BCUT2D eigenvalue weighted by Crippen LogP contribution is -2.38. The van der Waals surface area contributed by atoms with Crippen LogP contribution in [0, 0.1) is 6.92 Å². The van der Waals surface area contributed by atoms with Crippen molar-refractivity contribution in [3.63, 3.8) is 0 Å². The molecule has 7 heteroatoms. The van der Waals surface area contributed by atoms with Gasteiger partial charge in [0.2, 0.25) is 15.9 Å². The molecule has 0 unspecified atom stereocenters. The third-order valence-electron chi connectivity index (χ3n) is 4.32. The normalized spacial score (nSPS) is 11.8. The van der Waals surface area contributed by atoms with Crippen LogP contribution < -0.4 is 5.32 Å². The van der Waals surface area contributed by atoms with Gasteiger partial charge in [0.25, 0.3) is 0 Å². The molecule has 2 aromatic carbocycles. The molecular weight excluding hydrogens is 384 g/mol. The van der Waals surface area contributed by atoms with Crippen LogP contribution in [0.15, 0.2) is 47.4 Å². The first-order valence-electron chi connectivity index (χ1n) is 8.82. The van der Waals surface area contributed by atoms with Gasteiger partial charge in [0, 0.05) is 17.3 Å². The van der Waals surface area contributed by atoms with Crippen molar-refractivity contribution >= 4 is 33.2 Å².